The van der Waals surface area contributed by atoms with Crippen LogP contribution >= 0.6 is 11.6 Å². The molecule has 3 aromatic carbocycles. The van der Waals surface area contributed by atoms with E-state index >= 15 is 0 Å². The molecule has 5 aromatic rings. The number of aryl methyl sites for hydroxylation is 3. The van der Waals surface area contributed by atoms with Crippen molar-refractivity contribution in [2.75, 3.05) is 11.9 Å². The van der Waals surface area contributed by atoms with Gasteiger partial charge in [-0.15, -0.1) is 0 Å². The predicted molar refractivity (Wildman–Crippen MR) is 170 cm³/mol. The number of furan rings is 1. The van der Waals surface area contributed by atoms with E-state index in [1.165, 1.54) is 6.21 Å². The second kappa shape index (κ2) is 13.8. The molecule has 44 heavy (non-hydrogen) atoms. The molecule has 0 radical (unpaired) electrons. The van der Waals surface area contributed by atoms with Gasteiger partial charge in [0.25, 0.3) is 5.91 Å². The highest BCUT2D eigenvalue weighted by Gasteiger charge is 2.12. The van der Waals surface area contributed by atoms with Gasteiger partial charge in [0.05, 0.1) is 11.2 Å². The maximum atomic E-state index is 12.5. The van der Waals surface area contributed by atoms with E-state index in [1.54, 1.807) is 30.3 Å². The molecule has 0 aliphatic heterocycles. The van der Waals surface area contributed by atoms with Crippen LogP contribution in [0.25, 0.3) is 5.69 Å². The molecular formula is C34H31ClN4O5. The van der Waals surface area contributed by atoms with E-state index in [-0.39, 0.29) is 24.9 Å². The topological polar surface area (TPSA) is 107 Å². The number of hydrogen-bond acceptors (Lipinski definition) is 6. The lowest BCUT2D eigenvalue weighted by atomic mass is 10.2. The Morgan fingerprint density at radius 3 is 2.32 bits per heavy atom. The fourth-order valence-corrected chi connectivity index (χ4v) is 4.65. The Morgan fingerprint density at radius 1 is 0.886 bits per heavy atom. The van der Waals surface area contributed by atoms with Gasteiger partial charge >= 0.3 is 5.91 Å². The van der Waals surface area contributed by atoms with Crippen molar-refractivity contribution >= 4 is 35.3 Å². The van der Waals surface area contributed by atoms with Gasteiger partial charge in [-0.25, -0.2) is 5.43 Å². The van der Waals surface area contributed by atoms with E-state index < -0.39 is 5.91 Å². The number of aromatic nitrogens is 1. The number of hydrazone groups is 1. The minimum Gasteiger partial charge on any atom is -0.486 e. The molecule has 2 amide bonds. The molecule has 0 aliphatic rings. The van der Waals surface area contributed by atoms with Crippen molar-refractivity contribution in [2.45, 2.75) is 27.4 Å². The molecule has 0 atom stereocenters. The Kier molecular flexibility index (Phi) is 9.46. The summed E-state index contributed by atoms with van der Waals surface area (Å²) in [4.78, 5) is 24.7. The van der Waals surface area contributed by atoms with Crippen molar-refractivity contribution in [2.24, 2.45) is 5.10 Å². The molecule has 0 saturated heterocycles. The summed E-state index contributed by atoms with van der Waals surface area (Å²) in [6.07, 6.45) is 1.44. The van der Waals surface area contributed by atoms with Crippen LogP contribution in [0, 0.1) is 20.8 Å². The van der Waals surface area contributed by atoms with Crippen molar-refractivity contribution in [1.29, 1.82) is 0 Å². The van der Waals surface area contributed by atoms with Crippen molar-refractivity contribution in [3.05, 3.63) is 130 Å². The average Bonchev–Trinajstić information content (AvgIpc) is 3.63. The fraction of sp³-hybridized carbons (Fsp3) is 0.147. The molecule has 2 heterocycles. The van der Waals surface area contributed by atoms with E-state index in [1.807, 2.05) is 55.5 Å². The van der Waals surface area contributed by atoms with Crippen LogP contribution in [0.15, 0.2) is 101 Å². The Morgan fingerprint density at radius 2 is 1.61 bits per heavy atom. The molecular weight excluding hydrogens is 580 g/mol. The van der Waals surface area contributed by atoms with Crippen molar-refractivity contribution in [1.82, 2.24) is 9.99 Å². The number of ether oxygens (including phenoxy) is 2. The summed E-state index contributed by atoms with van der Waals surface area (Å²) in [6.45, 7) is 6.06. The lowest BCUT2D eigenvalue weighted by molar-refractivity contribution is -0.118. The van der Waals surface area contributed by atoms with Crippen LogP contribution in [0.2, 0.25) is 5.02 Å². The third-order valence-electron chi connectivity index (χ3n) is 6.66. The molecule has 0 aliphatic carbocycles. The Bertz CT molecular complexity index is 1770. The number of anilines is 1. The predicted octanol–water partition coefficient (Wildman–Crippen LogP) is 7.01. The number of amides is 2. The van der Waals surface area contributed by atoms with Crippen molar-refractivity contribution < 1.29 is 23.5 Å². The number of halogens is 1. The van der Waals surface area contributed by atoms with Gasteiger partial charge in [-0.2, -0.15) is 5.10 Å². The zero-order valence-corrected chi connectivity index (χ0v) is 25.2. The standard InChI is InChI=1S/C34H31ClN4O5/c1-22-4-9-26(10-5-22)37-33(40)21-43-31-16-8-25(18-30(31)35)19-36-38-34(41)32-17-15-29(44-32)20-42-28-13-11-27(12-14-28)39-23(2)6-7-24(39)3/h4-19H,20-21H2,1-3H3,(H,37,40)(H,38,41)/b36-19+. The van der Waals surface area contributed by atoms with Crippen molar-refractivity contribution in [3.8, 4) is 17.2 Å². The van der Waals surface area contributed by atoms with Gasteiger partial charge in [-0.1, -0.05) is 29.3 Å². The molecule has 0 saturated carbocycles. The highest BCUT2D eigenvalue weighted by Crippen LogP contribution is 2.25. The monoisotopic (exact) mass is 610 g/mol. The number of rotatable bonds is 11. The number of nitrogens with one attached hydrogen (secondary N) is 2. The number of carbonyl (C=O) groups is 2. The Hall–Kier alpha value is -5.28. The van der Waals surface area contributed by atoms with Crippen LogP contribution in [0.5, 0.6) is 11.5 Å². The maximum Gasteiger partial charge on any atom is 0.307 e. The molecule has 9 nitrogen and oxygen atoms in total. The van der Waals surface area contributed by atoms with Crippen LogP contribution in [0.1, 0.15) is 38.8 Å². The quantitative estimate of drug-likeness (QED) is 0.124. The van der Waals surface area contributed by atoms with Crippen LogP contribution in [-0.4, -0.2) is 29.2 Å². The molecule has 0 fully saturated rings. The zero-order chi connectivity index (χ0) is 31.1. The first kappa shape index (κ1) is 30.2. The summed E-state index contributed by atoms with van der Waals surface area (Å²) < 4.78 is 19.2. The maximum absolute atomic E-state index is 12.5. The van der Waals surface area contributed by atoms with Crippen LogP contribution in [0.4, 0.5) is 5.69 Å². The number of benzene rings is 3. The summed E-state index contributed by atoms with van der Waals surface area (Å²) in [5, 5.41) is 7.04. The van der Waals surface area contributed by atoms with Gasteiger partial charge in [0.1, 0.15) is 23.9 Å². The van der Waals surface area contributed by atoms with Gasteiger partial charge < -0.3 is 23.8 Å². The summed E-state index contributed by atoms with van der Waals surface area (Å²) >= 11 is 6.31. The molecule has 0 bridgehead atoms. The molecule has 0 spiro atoms. The SMILES string of the molecule is Cc1ccc(NC(=O)COc2ccc(/C=N/NC(=O)c3ccc(COc4ccc(-n5c(C)ccc5C)cc4)o3)cc2Cl)cc1. The average molecular weight is 611 g/mol. The lowest BCUT2D eigenvalue weighted by Gasteiger charge is -2.10. The zero-order valence-electron chi connectivity index (χ0n) is 24.5. The number of hydrogen-bond donors (Lipinski definition) is 2. The lowest BCUT2D eigenvalue weighted by Crippen LogP contribution is -2.20. The number of carbonyl (C=O) groups excluding carboxylic acids is 2. The third-order valence-corrected chi connectivity index (χ3v) is 6.96. The van der Waals surface area contributed by atoms with E-state index in [2.05, 4.69) is 46.4 Å². The van der Waals surface area contributed by atoms with Crippen LogP contribution in [-0.2, 0) is 11.4 Å². The largest absolute Gasteiger partial charge is 0.486 e. The molecule has 10 heteroatoms. The van der Waals surface area contributed by atoms with E-state index in [0.29, 0.717) is 33.5 Å². The molecule has 2 aromatic heterocycles. The Labute approximate surface area is 260 Å². The third kappa shape index (κ3) is 7.76. The first-order chi connectivity index (χ1) is 21.2. The number of nitrogens with zero attached hydrogens (tertiary/aromatic N) is 2. The van der Waals surface area contributed by atoms with E-state index in [4.69, 9.17) is 25.5 Å². The second-order valence-electron chi connectivity index (χ2n) is 10.1. The molecule has 224 valence electrons. The minimum atomic E-state index is -0.514. The first-order valence-electron chi connectivity index (χ1n) is 13.8. The minimum absolute atomic E-state index is 0.0975. The smallest absolute Gasteiger partial charge is 0.307 e. The summed E-state index contributed by atoms with van der Waals surface area (Å²) in [5.74, 6) is 0.803. The van der Waals surface area contributed by atoms with Crippen molar-refractivity contribution in [3.63, 3.8) is 0 Å². The van der Waals surface area contributed by atoms with E-state index in [9.17, 15) is 9.59 Å². The van der Waals surface area contributed by atoms with Crippen LogP contribution < -0.4 is 20.2 Å². The summed E-state index contributed by atoms with van der Waals surface area (Å²) in [7, 11) is 0. The summed E-state index contributed by atoms with van der Waals surface area (Å²) in [6, 6.07) is 27.6. The molecule has 2 N–H and O–H groups in total. The van der Waals surface area contributed by atoms with Crippen LogP contribution in [0.3, 0.4) is 0 Å². The van der Waals surface area contributed by atoms with Gasteiger partial charge in [0.15, 0.2) is 12.4 Å². The van der Waals surface area contributed by atoms with Gasteiger partial charge in [-0.05, 0) is 105 Å². The van der Waals surface area contributed by atoms with Gasteiger partial charge in [-0.3, -0.25) is 9.59 Å². The second-order valence-corrected chi connectivity index (χ2v) is 10.5. The fourth-order valence-electron chi connectivity index (χ4n) is 4.41. The first-order valence-corrected chi connectivity index (χ1v) is 14.2. The highest BCUT2D eigenvalue weighted by molar-refractivity contribution is 6.32. The summed E-state index contributed by atoms with van der Waals surface area (Å²) in [5.41, 5.74) is 8.20. The molecule has 5 rings (SSSR count). The van der Waals surface area contributed by atoms with Gasteiger partial charge in [0.2, 0.25) is 0 Å². The van der Waals surface area contributed by atoms with Gasteiger partial charge in [0, 0.05) is 22.8 Å². The Balaban J connectivity index is 1.07. The van der Waals surface area contributed by atoms with E-state index in [0.717, 1.165) is 22.6 Å². The normalized spacial score (nSPS) is 11.0. The molecule has 0 unspecified atom stereocenters. The highest BCUT2D eigenvalue weighted by atomic mass is 35.5.